The van der Waals surface area contributed by atoms with Gasteiger partial charge in [-0.25, -0.2) is 0 Å². The van der Waals surface area contributed by atoms with Gasteiger partial charge in [0.15, 0.2) is 0 Å². The summed E-state index contributed by atoms with van der Waals surface area (Å²) in [6.07, 6.45) is 0.848. The Bertz CT molecular complexity index is 1400. The van der Waals surface area contributed by atoms with Gasteiger partial charge < -0.3 is 25.0 Å². The number of nitrogens with one attached hydrogen (secondary N) is 3. The van der Waals surface area contributed by atoms with Gasteiger partial charge in [-0.3, -0.25) is 11.3 Å². The van der Waals surface area contributed by atoms with E-state index in [4.69, 9.17) is 46.1 Å². The summed E-state index contributed by atoms with van der Waals surface area (Å²) in [5.74, 6) is 5.77. The Morgan fingerprint density at radius 1 is 0.971 bits per heavy atom. The highest BCUT2D eigenvalue weighted by molar-refractivity contribution is 6.42. The van der Waals surface area contributed by atoms with Crippen LogP contribution in [-0.2, 0) is 13.1 Å². The van der Waals surface area contributed by atoms with Crippen molar-refractivity contribution < 1.29 is 5.11 Å². The van der Waals surface area contributed by atoms with Gasteiger partial charge in [-0.1, -0.05) is 59.1 Å². The number of aromatic nitrogens is 2. The molecule has 1 heterocycles. The number of rotatable bonds is 8. The van der Waals surface area contributed by atoms with Crippen molar-refractivity contribution in [2.45, 2.75) is 19.2 Å². The molecule has 3 aromatic carbocycles. The van der Waals surface area contributed by atoms with Gasteiger partial charge in [0.1, 0.15) is 0 Å². The van der Waals surface area contributed by atoms with Crippen LogP contribution in [0.4, 0.5) is 5.69 Å². The first-order chi connectivity index (χ1) is 16.4. The van der Waals surface area contributed by atoms with E-state index in [1.807, 2.05) is 36.4 Å². The van der Waals surface area contributed by atoms with Gasteiger partial charge in [0.2, 0.25) is 5.62 Å². The third-order valence-corrected chi connectivity index (χ3v) is 6.39. The van der Waals surface area contributed by atoms with Crippen LogP contribution in [0.15, 0.2) is 78.6 Å². The number of benzene rings is 3. The average molecular weight is 518 g/mol. The molecule has 1 atom stereocenters. The first kappa shape index (κ1) is 24.2. The number of aliphatic hydroxyl groups excluding tert-OH is 1. The van der Waals surface area contributed by atoms with Gasteiger partial charge in [-0.15, -0.1) is 0 Å². The first-order valence-corrected chi connectivity index (χ1v) is 11.5. The molecule has 1 aromatic heterocycles. The molecule has 4 aromatic rings. The van der Waals surface area contributed by atoms with E-state index in [2.05, 4.69) is 10.7 Å². The zero-order valence-electron chi connectivity index (χ0n) is 18.0. The van der Waals surface area contributed by atoms with Crippen LogP contribution >= 0.6 is 34.8 Å². The number of imidazole rings is 1. The predicted octanol–water partition coefficient (Wildman–Crippen LogP) is 5.03. The maximum absolute atomic E-state index is 10.9. The zero-order valence-corrected chi connectivity index (χ0v) is 20.2. The van der Waals surface area contributed by atoms with Gasteiger partial charge in [0.05, 0.1) is 46.0 Å². The smallest absolute Gasteiger partial charge is 0.203 e. The molecule has 1 unspecified atom stereocenters. The number of halogens is 3. The minimum atomic E-state index is -0.902. The fourth-order valence-corrected chi connectivity index (χ4v) is 4.14. The van der Waals surface area contributed by atoms with Gasteiger partial charge in [-0.05, 0) is 48.0 Å². The lowest BCUT2D eigenvalue weighted by molar-refractivity contribution is 0.155. The maximum atomic E-state index is 10.9. The second-order valence-electron chi connectivity index (χ2n) is 7.67. The van der Waals surface area contributed by atoms with Crippen molar-refractivity contribution in [3.05, 3.63) is 105 Å². The summed E-state index contributed by atoms with van der Waals surface area (Å²) in [5, 5.41) is 24.2. The Hall–Kier alpha value is -2.94. The highest BCUT2D eigenvalue weighted by Crippen LogP contribution is 2.27. The molecule has 0 spiro atoms. The summed E-state index contributed by atoms with van der Waals surface area (Å²) in [5.41, 5.74) is 6.51. The second kappa shape index (κ2) is 10.5. The number of nitrogens with zero attached hydrogens (tertiary/aromatic N) is 2. The third kappa shape index (κ3) is 5.24. The van der Waals surface area contributed by atoms with E-state index in [9.17, 15) is 5.11 Å². The topological polar surface area (TPSA) is 104 Å². The summed E-state index contributed by atoms with van der Waals surface area (Å²) < 4.78 is 3.48. The summed E-state index contributed by atoms with van der Waals surface area (Å²) in [7, 11) is 0. The van der Waals surface area contributed by atoms with E-state index in [1.165, 1.54) is 0 Å². The zero-order chi connectivity index (χ0) is 24.2. The lowest BCUT2D eigenvalue weighted by Crippen LogP contribution is -2.31. The van der Waals surface area contributed by atoms with Crippen molar-refractivity contribution in [1.29, 1.82) is 5.41 Å². The molecule has 0 aliphatic carbocycles. The Morgan fingerprint density at radius 3 is 2.44 bits per heavy atom. The predicted molar refractivity (Wildman–Crippen MR) is 138 cm³/mol. The third-order valence-electron chi connectivity index (χ3n) is 5.42. The molecular formula is C24H23Cl3N6O. The molecule has 0 bridgehead atoms. The molecule has 0 aliphatic rings. The molecule has 7 nitrogen and oxygen atoms in total. The van der Waals surface area contributed by atoms with Crippen LogP contribution in [-0.4, -0.2) is 14.2 Å². The van der Waals surface area contributed by atoms with E-state index in [0.29, 0.717) is 26.3 Å². The highest BCUT2D eigenvalue weighted by atomic mass is 35.5. The Morgan fingerprint density at radius 2 is 1.74 bits per heavy atom. The average Bonchev–Trinajstić information content (AvgIpc) is 3.08. The van der Waals surface area contributed by atoms with Crippen LogP contribution in [0.5, 0.6) is 0 Å². The van der Waals surface area contributed by atoms with Crippen LogP contribution in [0.25, 0.3) is 11.0 Å². The monoisotopic (exact) mass is 516 g/mol. The molecular weight excluding hydrogens is 495 g/mol. The highest BCUT2D eigenvalue weighted by Gasteiger charge is 2.17. The number of hydrogen-bond donors (Lipinski definition) is 5. The Kier molecular flexibility index (Phi) is 7.50. The second-order valence-corrected chi connectivity index (χ2v) is 8.92. The van der Waals surface area contributed by atoms with Crippen LogP contribution in [0.3, 0.4) is 0 Å². The van der Waals surface area contributed by atoms with Crippen LogP contribution < -0.4 is 22.2 Å². The number of aliphatic hydroxyl groups is 1. The minimum absolute atomic E-state index is 0.138. The molecule has 0 saturated carbocycles. The van der Waals surface area contributed by atoms with Crippen molar-refractivity contribution in [1.82, 2.24) is 14.6 Å². The van der Waals surface area contributed by atoms with Crippen LogP contribution in [0, 0.1) is 5.41 Å². The van der Waals surface area contributed by atoms with Gasteiger partial charge >= 0.3 is 0 Å². The van der Waals surface area contributed by atoms with E-state index < -0.39 is 6.10 Å². The van der Waals surface area contributed by atoms with Gasteiger partial charge in [0, 0.05) is 16.9 Å². The molecule has 0 radical (unpaired) electrons. The fourth-order valence-electron chi connectivity index (χ4n) is 3.67. The summed E-state index contributed by atoms with van der Waals surface area (Å²) >= 11 is 18.4. The maximum Gasteiger partial charge on any atom is 0.203 e. The molecule has 0 amide bonds. The number of nitrogens with two attached hydrogens (primary N) is 1. The van der Waals surface area contributed by atoms with Crippen molar-refractivity contribution in [2.24, 2.45) is 5.84 Å². The molecule has 0 fully saturated rings. The van der Waals surface area contributed by atoms with Crippen molar-refractivity contribution in [3.63, 3.8) is 0 Å². The fraction of sp³-hybridized carbons (Fsp3) is 0.125. The Balaban J connectivity index is 1.68. The SMILES string of the molecule is N=c1n(C/C(=C/Nc2ccccc2)NN)c2cc(Cl)ccc2n1CC(O)c1ccc(Cl)c(Cl)c1. The van der Waals surface area contributed by atoms with Crippen LogP contribution in [0.2, 0.25) is 15.1 Å². The van der Waals surface area contributed by atoms with Crippen molar-refractivity contribution >= 4 is 51.5 Å². The number of anilines is 1. The molecule has 6 N–H and O–H groups in total. The largest absolute Gasteiger partial charge is 0.387 e. The molecule has 0 saturated heterocycles. The number of para-hydroxylation sites is 1. The molecule has 0 aliphatic heterocycles. The molecule has 10 heteroatoms. The van der Waals surface area contributed by atoms with Crippen molar-refractivity contribution in [2.75, 3.05) is 5.32 Å². The van der Waals surface area contributed by atoms with Gasteiger partial charge in [-0.2, -0.15) is 0 Å². The lowest BCUT2D eigenvalue weighted by Gasteiger charge is -2.14. The van der Waals surface area contributed by atoms with Crippen LogP contribution in [0.1, 0.15) is 11.7 Å². The Labute approximate surface area is 211 Å². The minimum Gasteiger partial charge on any atom is -0.387 e. The summed E-state index contributed by atoms with van der Waals surface area (Å²) in [4.78, 5) is 0. The summed E-state index contributed by atoms with van der Waals surface area (Å²) in [6, 6.07) is 20.0. The number of hydrogen-bond acceptors (Lipinski definition) is 5. The van der Waals surface area contributed by atoms with E-state index in [-0.39, 0.29) is 18.7 Å². The normalized spacial score (nSPS) is 12.7. The van der Waals surface area contributed by atoms with Gasteiger partial charge in [0.25, 0.3) is 0 Å². The quantitative estimate of drug-likeness (QED) is 0.167. The molecule has 4 rings (SSSR count). The van der Waals surface area contributed by atoms with E-state index >= 15 is 0 Å². The lowest BCUT2D eigenvalue weighted by atomic mass is 10.1. The molecule has 34 heavy (non-hydrogen) atoms. The van der Waals surface area contributed by atoms with E-state index in [1.54, 1.807) is 45.7 Å². The number of allylic oxidation sites excluding steroid dienone is 1. The number of hydrazine groups is 1. The molecule has 176 valence electrons. The first-order valence-electron chi connectivity index (χ1n) is 10.4. The summed E-state index contributed by atoms with van der Waals surface area (Å²) in [6.45, 7) is 0.418. The van der Waals surface area contributed by atoms with E-state index in [0.717, 1.165) is 16.7 Å². The standard InChI is InChI=1S/C24H23Cl3N6O/c25-16-7-9-21-22(11-16)32(13-18(31-29)12-30-17-4-2-1-3-5-17)24(28)33(21)14-23(34)15-6-8-19(26)20(27)10-15/h1-12,23,28,30-31,34H,13-14,29H2/b18-12-,28-24?. The number of fused-ring (bicyclic) bond motifs is 1. The van der Waals surface area contributed by atoms with Crippen molar-refractivity contribution in [3.8, 4) is 0 Å².